The number of carbonyl (C=O) groups excluding carboxylic acids is 1. The Kier molecular flexibility index (Phi) is 19.6. The monoisotopic (exact) mass is 1100 g/mol. The van der Waals surface area contributed by atoms with Gasteiger partial charge in [0.05, 0.1) is 61.5 Å². The third-order valence-corrected chi connectivity index (χ3v) is 28.3. The molecule has 0 aromatic rings. The molecule has 0 aromatic carbocycles. The van der Waals surface area contributed by atoms with Gasteiger partial charge >= 0.3 is 5.97 Å². The highest BCUT2D eigenvalue weighted by Gasteiger charge is 2.62. The number of rotatable bonds is 12. The summed E-state index contributed by atoms with van der Waals surface area (Å²) in [6.07, 6.45) is 9.35. The molecule has 7 aliphatic rings. The van der Waals surface area contributed by atoms with Crippen molar-refractivity contribution in [3.63, 3.8) is 0 Å². The highest BCUT2D eigenvalue weighted by Crippen LogP contribution is 2.51. The van der Waals surface area contributed by atoms with Crippen molar-refractivity contribution < 1.29 is 66.1 Å². The molecular formula is C60H102O14Si2. The van der Waals surface area contributed by atoms with Crippen molar-refractivity contribution in [1.29, 1.82) is 0 Å². The third kappa shape index (κ3) is 13.2. The minimum absolute atomic E-state index is 0.000133. The minimum atomic E-state index is -2.37. The van der Waals surface area contributed by atoms with Crippen molar-refractivity contribution in [2.45, 2.75) is 282 Å². The van der Waals surface area contributed by atoms with E-state index in [0.29, 0.717) is 55.9 Å². The van der Waals surface area contributed by atoms with E-state index in [0.717, 1.165) is 24.0 Å². The van der Waals surface area contributed by atoms with Gasteiger partial charge in [0.25, 0.3) is 0 Å². The number of hydrogen-bond acceptors (Lipinski definition) is 14. The molecule has 16 heteroatoms. The van der Waals surface area contributed by atoms with Gasteiger partial charge in [0.1, 0.15) is 29.8 Å². The lowest BCUT2D eigenvalue weighted by atomic mass is 9.71. The smallest absolute Gasteiger partial charge is 0.316 e. The van der Waals surface area contributed by atoms with Crippen LogP contribution in [0.4, 0.5) is 0 Å². The van der Waals surface area contributed by atoms with Gasteiger partial charge in [-0.2, -0.15) is 0 Å². The summed E-state index contributed by atoms with van der Waals surface area (Å²) in [7, 11) is -1.04. The first kappa shape index (κ1) is 62.0. The molecule has 7 rings (SSSR count). The van der Waals surface area contributed by atoms with Crippen molar-refractivity contribution in [1.82, 2.24) is 0 Å². The van der Waals surface area contributed by atoms with Crippen LogP contribution in [0.15, 0.2) is 47.1 Å². The summed E-state index contributed by atoms with van der Waals surface area (Å²) in [5.41, 5.74) is 0.736. The third-order valence-electron chi connectivity index (χ3n) is 19.3. The van der Waals surface area contributed by atoms with Gasteiger partial charge in [-0.3, -0.25) is 4.79 Å². The fourth-order valence-electron chi connectivity index (χ4n) is 12.3. The SMILES string of the molecule is CC[C@H](C)[C@H]1O[C@]2(CC[C@@H]1C)C[C@@H]1C[C@@H](CC=C(C)[C@@H](O[C@H]3C[C@H](OC)[C@@H](O[C@H]4C[C@H](OC)[C@@H](O[Si](C)(C)C(C)(C)C)[C@H](C)O4)[C@H](C)O3)[C@@H](C)C=CC=C3CO[C@@H]4[C@H](O[Si](C)(C)C(C)(C)C)C(C)=C[C@@H](C(=O)O1)[C@]34O)O2. The fraction of sp³-hybridized carbons (Fsp3) is 0.850. The minimum Gasteiger partial charge on any atom is -0.462 e. The van der Waals surface area contributed by atoms with E-state index in [9.17, 15) is 9.90 Å². The zero-order chi connectivity index (χ0) is 56.1. The predicted molar refractivity (Wildman–Crippen MR) is 300 cm³/mol. The maximum atomic E-state index is 14.9. The van der Waals surface area contributed by atoms with Gasteiger partial charge in [-0.25, -0.2) is 0 Å². The molecule has 5 saturated heterocycles. The van der Waals surface area contributed by atoms with Gasteiger partial charge in [-0.05, 0) is 105 Å². The van der Waals surface area contributed by atoms with Crippen LogP contribution in [-0.2, 0) is 61.0 Å². The van der Waals surface area contributed by atoms with E-state index in [1.54, 1.807) is 14.2 Å². The molecule has 0 saturated carbocycles. The quantitative estimate of drug-likeness (QED) is 0.112. The summed E-state index contributed by atoms with van der Waals surface area (Å²) in [5, 5.41) is 13.2. The standard InChI is InChI=1S/C60H102O14Si2/c1-21-35(2)51-38(5)27-28-59(72-51)33-44-30-43(71-59)26-25-37(4)50(36(3)23-22-24-42-34-65-55-52(73-75(17,18)57(9,10)11)39(6)29-45(56(61)68-44)60(42,55)62)69-48-31-46(63-15)53(40(7)66-48)70-49-32-47(64-16)54(41(8)67-49)74-76(19,20)58(12,13)14/h22-25,29,35-36,38,40-41,43-55,62H,21,26-28,30-34H2,1-20H3/t35-,36-,38-,40-,41-,43+,44-,45-,46-,47-,48-,49-,50-,51+,52+,53-,54-,55+,59+,60+/m0/s1. The van der Waals surface area contributed by atoms with Crippen molar-refractivity contribution in [3.05, 3.63) is 47.1 Å². The van der Waals surface area contributed by atoms with Gasteiger partial charge in [0, 0.05) is 52.2 Å². The normalized spacial score (nSPS) is 41.7. The second kappa shape index (κ2) is 24.1. The van der Waals surface area contributed by atoms with Crippen molar-refractivity contribution in [3.8, 4) is 0 Å². The molecule has 2 bridgehead atoms. The summed E-state index contributed by atoms with van der Waals surface area (Å²) in [6, 6.07) is 0. The van der Waals surface area contributed by atoms with Crippen molar-refractivity contribution in [2.24, 2.45) is 23.7 Å². The molecule has 20 atom stereocenters. The molecular weight excluding hydrogens is 1000 g/mol. The first-order chi connectivity index (χ1) is 35.4. The lowest BCUT2D eigenvalue weighted by Gasteiger charge is -2.51. The largest absolute Gasteiger partial charge is 0.462 e. The number of methoxy groups -OCH3 is 2. The predicted octanol–water partition coefficient (Wildman–Crippen LogP) is 11.7. The summed E-state index contributed by atoms with van der Waals surface area (Å²) < 4.78 is 80.9. The van der Waals surface area contributed by atoms with E-state index in [1.165, 1.54) is 0 Å². The Balaban J connectivity index is 1.18. The molecule has 6 heterocycles. The van der Waals surface area contributed by atoms with Gasteiger partial charge in [-0.1, -0.05) is 106 Å². The van der Waals surface area contributed by atoms with Crippen LogP contribution in [0, 0.1) is 23.7 Å². The molecule has 0 radical (unpaired) electrons. The average Bonchev–Trinajstić information content (AvgIpc) is 3.67. The number of esters is 1. The van der Waals surface area contributed by atoms with E-state index in [-0.39, 0.29) is 59.2 Å². The highest BCUT2D eigenvalue weighted by atomic mass is 28.4. The van der Waals surface area contributed by atoms with Crippen LogP contribution < -0.4 is 0 Å². The Morgan fingerprint density at radius 3 is 2.03 bits per heavy atom. The Hall–Kier alpha value is -1.62. The van der Waals surface area contributed by atoms with E-state index < -0.39 is 89.1 Å². The highest BCUT2D eigenvalue weighted by molar-refractivity contribution is 6.74. The van der Waals surface area contributed by atoms with Crippen LogP contribution in [0.25, 0.3) is 0 Å². The number of allylic oxidation sites excluding steroid dienone is 2. The van der Waals surface area contributed by atoms with Crippen LogP contribution in [0.2, 0.25) is 36.3 Å². The molecule has 1 spiro atoms. The molecule has 0 aromatic heterocycles. The zero-order valence-electron chi connectivity index (χ0n) is 50.4. The van der Waals surface area contributed by atoms with Crippen molar-refractivity contribution in [2.75, 3.05) is 20.8 Å². The first-order valence-corrected chi connectivity index (χ1v) is 34.8. The molecule has 0 unspecified atom stereocenters. The molecule has 76 heavy (non-hydrogen) atoms. The average molecular weight is 1100 g/mol. The Bertz CT molecular complexity index is 2110. The summed E-state index contributed by atoms with van der Waals surface area (Å²) >= 11 is 0. The van der Waals surface area contributed by atoms with Crippen LogP contribution >= 0.6 is 0 Å². The molecule has 6 aliphatic heterocycles. The van der Waals surface area contributed by atoms with E-state index in [4.69, 9.17) is 56.2 Å². The lowest BCUT2D eigenvalue weighted by molar-refractivity contribution is -0.340. The Labute approximate surface area is 460 Å². The lowest BCUT2D eigenvalue weighted by Crippen LogP contribution is -2.60. The fourth-order valence-corrected chi connectivity index (χ4v) is 14.9. The molecule has 14 nitrogen and oxygen atoms in total. The molecule has 1 N–H and O–H groups in total. The summed E-state index contributed by atoms with van der Waals surface area (Å²) in [6.45, 7) is 39.4. The Morgan fingerprint density at radius 1 is 0.803 bits per heavy atom. The molecule has 434 valence electrons. The maximum Gasteiger partial charge on any atom is 0.316 e. The van der Waals surface area contributed by atoms with Crippen molar-refractivity contribution >= 4 is 22.6 Å². The number of carbonyl (C=O) groups is 1. The Morgan fingerprint density at radius 2 is 1.41 bits per heavy atom. The van der Waals surface area contributed by atoms with E-state index in [1.807, 2.05) is 39.0 Å². The molecule has 5 fully saturated rings. The second-order valence-electron chi connectivity index (χ2n) is 27.1. The number of aliphatic hydroxyl groups is 1. The van der Waals surface area contributed by atoms with E-state index >= 15 is 0 Å². The number of fused-ring (bicyclic) bond motifs is 2. The van der Waals surface area contributed by atoms with Gasteiger partial charge in [-0.15, -0.1) is 0 Å². The van der Waals surface area contributed by atoms with Crippen LogP contribution in [0.3, 0.4) is 0 Å². The van der Waals surface area contributed by atoms with Crippen LogP contribution in [-0.4, -0.2) is 146 Å². The van der Waals surface area contributed by atoms with Gasteiger partial charge in [0.15, 0.2) is 35.0 Å². The van der Waals surface area contributed by atoms with Gasteiger partial charge < -0.3 is 61.3 Å². The maximum absolute atomic E-state index is 14.9. The number of ether oxygens (including phenoxy) is 10. The molecule has 0 amide bonds. The van der Waals surface area contributed by atoms with E-state index in [2.05, 4.69) is 115 Å². The second-order valence-corrected chi connectivity index (χ2v) is 36.6. The molecule has 1 aliphatic carbocycles. The topological polar surface area (TPSA) is 148 Å². The summed E-state index contributed by atoms with van der Waals surface area (Å²) in [5.74, 6) is -1.92. The first-order valence-electron chi connectivity index (χ1n) is 29.0. The van der Waals surface area contributed by atoms with Crippen LogP contribution in [0.1, 0.15) is 148 Å². The number of hydrogen-bond donors (Lipinski definition) is 1. The van der Waals surface area contributed by atoms with Crippen LogP contribution in [0.5, 0.6) is 0 Å². The zero-order valence-corrected chi connectivity index (χ0v) is 52.4. The van der Waals surface area contributed by atoms with Gasteiger partial charge in [0.2, 0.25) is 0 Å². The summed E-state index contributed by atoms with van der Waals surface area (Å²) in [4.78, 5) is 14.9.